The van der Waals surface area contributed by atoms with E-state index in [4.69, 9.17) is 0 Å². The second-order valence-electron chi connectivity index (χ2n) is 6.65. The summed E-state index contributed by atoms with van der Waals surface area (Å²) in [5.74, 6) is 0.162. The van der Waals surface area contributed by atoms with Crippen molar-refractivity contribution in [1.82, 2.24) is 24.6 Å². The van der Waals surface area contributed by atoms with Crippen molar-refractivity contribution in [3.8, 4) is 0 Å². The van der Waals surface area contributed by atoms with Gasteiger partial charge in [0.15, 0.2) is 0 Å². The van der Waals surface area contributed by atoms with Crippen LogP contribution in [0.2, 0.25) is 0 Å². The van der Waals surface area contributed by atoms with Crippen molar-refractivity contribution in [3.63, 3.8) is 0 Å². The van der Waals surface area contributed by atoms with E-state index in [-0.39, 0.29) is 11.8 Å². The van der Waals surface area contributed by atoms with Gasteiger partial charge in [-0.15, -0.1) is 0 Å². The van der Waals surface area contributed by atoms with Crippen LogP contribution < -0.4 is 5.56 Å². The van der Waals surface area contributed by atoms with Gasteiger partial charge in [0, 0.05) is 31.4 Å². The number of aryl methyl sites for hydroxylation is 2. The lowest BCUT2D eigenvalue weighted by atomic mass is 9.96. The minimum absolute atomic E-state index is 0.0349. The van der Waals surface area contributed by atoms with Gasteiger partial charge in [0.2, 0.25) is 0 Å². The Hall–Kier alpha value is -2.58. The average molecular weight is 365 g/mol. The van der Waals surface area contributed by atoms with E-state index in [0.717, 1.165) is 24.6 Å². The van der Waals surface area contributed by atoms with Gasteiger partial charge in [-0.3, -0.25) is 19.3 Å². The Labute approximate surface area is 149 Å². The Morgan fingerprint density at radius 3 is 2.58 bits per heavy atom. The largest absolute Gasteiger partial charge is 0.339 e. The lowest BCUT2D eigenvalue weighted by Gasteiger charge is -2.32. The van der Waals surface area contributed by atoms with Crippen LogP contribution in [0.1, 0.15) is 46.7 Å². The van der Waals surface area contributed by atoms with Crippen LogP contribution in [0.3, 0.4) is 0 Å². The minimum Gasteiger partial charge on any atom is -0.339 e. The van der Waals surface area contributed by atoms with Gasteiger partial charge in [-0.25, -0.2) is 13.8 Å². The third-order valence-corrected chi connectivity index (χ3v) is 4.82. The SMILES string of the molecule is Cc1n[nH]c(C)c1C(=O)N1CCC(Cn2cnc(C(F)F)cc2=O)CC1. The van der Waals surface area contributed by atoms with Gasteiger partial charge >= 0.3 is 0 Å². The fraction of sp³-hybridized carbons (Fsp3) is 0.529. The number of rotatable bonds is 4. The molecule has 1 fully saturated rings. The van der Waals surface area contributed by atoms with Crippen LogP contribution in [0.4, 0.5) is 8.78 Å². The molecule has 0 aromatic carbocycles. The molecule has 1 aliphatic heterocycles. The van der Waals surface area contributed by atoms with E-state index in [1.165, 1.54) is 10.9 Å². The summed E-state index contributed by atoms with van der Waals surface area (Å²) in [4.78, 5) is 30.0. The number of likely N-dealkylation sites (tertiary alicyclic amines) is 1. The highest BCUT2D eigenvalue weighted by Crippen LogP contribution is 2.22. The smallest absolute Gasteiger partial charge is 0.280 e. The van der Waals surface area contributed by atoms with E-state index in [1.807, 2.05) is 6.92 Å². The Balaban J connectivity index is 1.61. The van der Waals surface area contributed by atoms with Crippen LogP contribution in [0.25, 0.3) is 0 Å². The molecule has 9 heteroatoms. The van der Waals surface area contributed by atoms with Gasteiger partial charge in [0.05, 0.1) is 17.6 Å². The molecule has 0 aliphatic carbocycles. The normalized spacial score (nSPS) is 15.7. The maximum Gasteiger partial charge on any atom is 0.280 e. The van der Waals surface area contributed by atoms with Crippen LogP contribution in [0.15, 0.2) is 17.2 Å². The molecule has 1 amide bonds. The van der Waals surface area contributed by atoms with Crippen LogP contribution in [0, 0.1) is 19.8 Å². The number of alkyl halides is 2. The van der Waals surface area contributed by atoms with E-state index in [0.29, 0.717) is 30.9 Å². The number of nitrogens with one attached hydrogen (secondary N) is 1. The number of piperidine rings is 1. The summed E-state index contributed by atoms with van der Waals surface area (Å²) in [5, 5.41) is 6.88. The number of aromatic amines is 1. The first kappa shape index (κ1) is 18.2. The average Bonchev–Trinajstić information content (AvgIpc) is 2.95. The van der Waals surface area contributed by atoms with Crippen molar-refractivity contribution in [1.29, 1.82) is 0 Å². The fourth-order valence-electron chi connectivity index (χ4n) is 3.32. The number of H-pyrrole nitrogens is 1. The highest BCUT2D eigenvalue weighted by atomic mass is 19.3. The lowest BCUT2D eigenvalue weighted by Crippen LogP contribution is -2.40. The Morgan fingerprint density at radius 1 is 1.35 bits per heavy atom. The molecule has 3 heterocycles. The summed E-state index contributed by atoms with van der Waals surface area (Å²) in [7, 11) is 0. The zero-order valence-electron chi connectivity index (χ0n) is 14.7. The quantitative estimate of drug-likeness (QED) is 0.899. The molecule has 0 radical (unpaired) electrons. The van der Waals surface area contributed by atoms with E-state index in [2.05, 4.69) is 15.2 Å². The van der Waals surface area contributed by atoms with Gasteiger partial charge in [-0.2, -0.15) is 5.10 Å². The predicted octanol–water partition coefficient (Wildman–Crippen LogP) is 2.07. The maximum absolute atomic E-state index is 12.7. The number of halogens is 2. The number of amides is 1. The lowest BCUT2D eigenvalue weighted by molar-refractivity contribution is 0.0681. The fourth-order valence-corrected chi connectivity index (χ4v) is 3.32. The number of aromatic nitrogens is 4. The first-order valence-electron chi connectivity index (χ1n) is 8.52. The molecule has 2 aromatic rings. The van der Waals surface area contributed by atoms with Gasteiger partial charge < -0.3 is 4.90 Å². The van der Waals surface area contributed by atoms with Crippen molar-refractivity contribution in [2.24, 2.45) is 5.92 Å². The maximum atomic E-state index is 12.7. The number of hydrogen-bond donors (Lipinski definition) is 1. The number of carbonyl (C=O) groups is 1. The summed E-state index contributed by atoms with van der Waals surface area (Å²) in [5.41, 5.74) is 1.08. The third kappa shape index (κ3) is 3.66. The molecule has 2 aromatic heterocycles. The molecule has 0 spiro atoms. The molecule has 7 nitrogen and oxygen atoms in total. The molecule has 0 atom stereocenters. The molecule has 1 saturated heterocycles. The molecule has 1 N–H and O–H groups in total. The molecule has 3 rings (SSSR count). The van der Waals surface area contributed by atoms with E-state index < -0.39 is 17.7 Å². The van der Waals surface area contributed by atoms with E-state index >= 15 is 0 Å². The van der Waals surface area contributed by atoms with Crippen LogP contribution in [-0.4, -0.2) is 43.6 Å². The Bertz CT molecular complexity index is 834. The van der Waals surface area contributed by atoms with Crippen molar-refractivity contribution in [3.05, 3.63) is 45.4 Å². The summed E-state index contributed by atoms with van der Waals surface area (Å²) >= 11 is 0. The Morgan fingerprint density at radius 2 is 2.04 bits per heavy atom. The molecule has 140 valence electrons. The summed E-state index contributed by atoms with van der Waals surface area (Å²) in [6, 6.07) is 0.883. The summed E-state index contributed by atoms with van der Waals surface area (Å²) in [6.07, 6.45) is -0.0870. The topological polar surface area (TPSA) is 83.9 Å². The standard InChI is InChI=1S/C17H21F2N5O2/c1-10-15(11(2)22-21-10)17(26)23-5-3-12(4-6-23)8-24-9-20-13(16(18)19)7-14(24)25/h7,9,12,16H,3-6,8H2,1-2H3,(H,21,22). The molecule has 0 unspecified atom stereocenters. The number of nitrogens with zero attached hydrogens (tertiary/aromatic N) is 4. The first-order chi connectivity index (χ1) is 12.4. The van der Waals surface area contributed by atoms with Crippen molar-refractivity contribution < 1.29 is 13.6 Å². The molecule has 0 bridgehead atoms. The van der Waals surface area contributed by atoms with Crippen molar-refractivity contribution in [2.75, 3.05) is 13.1 Å². The highest BCUT2D eigenvalue weighted by Gasteiger charge is 2.27. The second-order valence-corrected chi connectivity index (χ2v) is 6.65. The van der Waals surface area contributed by atoms with Crippen LogP contribution in [-0.2, 0) is 6.54 Å². The number of carbonyl (C=O) groups excluding carboxylic acids is 1. The van der Waals surface area contributed by atoms with Gasteiger partial charge in [-0.05, 0) is 32.6 Å². The summed E-state index contributed by atoms with van der Waals surface area (Å²) < 4.78 is 26.5. The first-order valence-corrected chi connectivity index (χ1v) is 8.52. The monoisotopic (exact) mass is 365 g/mol. The molecular formula is C17H21F2N5O2. The highest BCUT2D eigenvalue weighted by molar-refractivity contribution is 5.96. The zero-order valence-corrected chi connectivity index (χ0v) is 14.7. The molecule has 26 heavy (non-hydrogen) atoms. The van der Waals surface area contributed by atoms with Crippen LogP contribution in [0.5, 0.6) is 0 Å². The Kier molecular flexibility index (Phi) is 5.15. The minimum atomic E-state index is -2.75. The van der Waals surface area contributed by atoms with Crippen LogP contribution >= 0.6 is 0 Å². The summed E-state index contributed by atoms with van der Waals surface area (Å²) in [6.45, 7) is 5.21. The second kappa shape index (κ2) is 7.35. The van der Waals surface area contributed by atoms with Crippen molar-refractivity contribution >= 4 is 5.91 Å². The van der Waals surface area contributed by atoms with Gasteiger partial charge in [0.25, 0.3) is 17.9 Å². The van der Waals surface area contributed by atoms with Crippen molar-refractivity contribution in [2.45, 2.75) is 39.7 Å². The zero-order chi connectivity index (χ0) is 18.8. The molecule has 0 saturated carbocycles. The van der Waals surface area contributed by atoms with E-state index in [9.17, 15) is 18.4 Å². The predicted molar refractivity (Wildman–Crippen MR) is 90.1 cm³/mol. The van der Waals surface area contributed by atoms with Gasteiger partial charge in [0.1, 0.15) is 5.69 Å². The molecular weight excluding hydrogens is 344 g/mol. The third-order valence-electron chi connectivity index (χ3n) is 4.82. The molecule has 1 aliphatic rings. The van der Waals surface area contributed by atoms with E-state index in [1.54, 1.807) is 11.8 Å². The van der Waals surface area contributed by atoms with Gasteiger partial charge in [-0.1, -0.05) is 0 Å². The number of hydrogen-bond acceptors (Lipinski definition) is 4.